The fourth-order valence-corrected chi connectivity index (χ4v) is 1.42. The molecule has 0 spiro atoms. The monoisotopic (exact) mass is 229 g/mol. The Bertz CT molecular complexity index is 236. The second-order valence-electron chi connectivity index (χ2n) is 4.34. The van der Waals surface area contributed by atoms with Crippen molar-refractivity contribution in [2.24, 2.45) is 17.8 Å². The van der Waals surface area contributed by atoms with Gasteiger partial charge in [0.05, 0.1) is 5.92 Å². The van der Waals surface area contributed by atoms with Crippen LogP contribution in [-0.4, -0.2) is 23.5 Å². The number of nitrogens with one attached hydrogen (secondary N) is 1. The maximum atomic E-state index is 11.7. The van der Waals surface area contributed by atoms with Gasteiger partial charge in [-0.2, -0.15) is 0 Å². The summed E-state index contributed by atoms with van der Waals surface area (Å²) in [7, 11) is 0. The summed E-state index contributed by atoms with van der Waals surface area (Å²) in [6.07, 6.45) is 2.05. The van der Waals surface area contributed by atoms with Gasteiger partial charge in [-0.3, -0.25) is 9.59 Å². The molecule has 2 unspecified atom stereocenters. The van der Waals surface area contributed by atoms with Crippen molar-refractivity contribution in [3.63, 3.8) is 0 Å². The summed E-state index contributed by atoms with van der Waals surface area (Å²) in [5, 5.41) is 11.6. The molecule has 0 bridgehead atoms. The minimum Gasteiger partial charge on any atom is -0.481 e. The lowest BCUT2D eigenvalue weighted by Crippen LogP contribution is -2.37. The van der Waals surface area contributed by atoms with E-state index >= 15 is 0 Å². The number of carbonyl (C=O) groups is 2. The molecule has 94 valence electrons. The van der Waals surface area contributed by atoms with Gasteiger partial charge in [-0.05, 0) is 5.92 Å². The zero-order valence-corrected chi connectivity index (χ0v) is 10.6. The van der Waals surface area contributed by atoms with Gasteiger partial charge in [0.1, 0.15) is 0 Å². The first kappa shape index (κ1) is 14.9. The molecule has 1 amide bonds. The lowest BCUT2D eigenvalue weighted by atomic mass is 9.95. The van der Waals surface area contributed by atoms with Gasteiger partial charge in [0.15, 0.2) is 0 Å². The summed E-state index contributed by atoms with van der Waals surface area (Å²) in [5.74, 6) is -1.73. The number of hydrogen-bond acceptors (Lipinski definition) is 2. The second kappa shape index (κ2) is 7.25. The molecule has 2 N–H and O–H groups in total. The Kier molecular flexibility index (Phi) is 6.77. The molecule has 16 heavy (non-hydrogen) atoms. The van der Waals surface area contributed by atoms with E-state index in [9.17, 15) is 9.59 Å². The minimum absolute atomic E-state index is 0.165. The summed E-state index contributed by atoms with van der Waals surface area (Å²) in [6.45, 7) is 8.03. The maximum absolute atomic E-state index is 11.7. The van der Waals surface area contributed by atoms with Crippen LogP contribution < -0.4 is 5.32 Å². The SMILES string of the molecule is CCC(CC)CNC(=O)C(C)C(C)C(=O)O. The first-order valence-corrected chi connectivity index (χ1v) is 5.94. The van der Waals surface area contributed by atoms with Crippen LogP contribution in [-0.2, 0) is 9.59 Å². The molecule has 0 aromatic rings. The Morgan fingerprint density at radius 1 is 1.12 bits per heavy atom. The molecular formula is C12H23NO3. The van der Waals surface area contributed by atoms with E-state index < -0.39 is 17.8 Å². The molecule has 0 aliphatic rings. The highest BCUT2D eigenvalue weighted by atomic mass is 16.4. The normalized spacial score (nSPS) is 14.6. The summed E-state index contributed by atoms with van der Waals surface area (Å²) >= 11 is 0. The molecular weight excluding hydrogens is 206 g/mol. The van der Waals surface area contributed by atoms with Crippen molar-refractivity contribution in [1.82, 2.24) is 5.32 Å². The molecule has 0 aromatic carbocycles. The van der Waals surface area contributed by atoms with Crippen molar-refractivity contribution in [3.8, 4) is 0 Å². The number of hydrogen-bond donors (Lipinski definition) is 2. The molecule has 4 heteroatoms. The number of amides is 1. The number of carboxylic acid groups (broad SMARTS) is 1. The Morgan fingerprint density at radius 3 is 2.00 bits per heavy atom. The van der Waals surface area contributed by atoms with Crippen molar-refractivity contribution in [3.05, 3.63) is 0 Å². The van der Waals surface area contributed by atoms with E-state index in [4.69, 9.17) is 5.11 Å². The quantitative estimate of drug-likeness (QED) is 0.700. The lowest BCUT2D eigenvalue weighted by molar-refractivity contribution is -0.146. The van der Waals surface area contributed by atoms with E-state index in [1.807, 2.05) is 0 Å². The number of carboxylic acids is 1. The van der Waals surface area contributed by atoms with E-state index in [1.165, 1.54) is 0 Å². The average molecular weight is 229 g/mol. The third-order valence-corrected chi connectivity index (χ3v) is 3.27. The fourth-order valence-electron chi connectivity index (χ4n) is 1.42. The first-order valence-electron chi connectivity index (χ1n) is 5.94. The van der Waals surface area contributed by atoms with Crippen LogP contribution in [0.15, 0.2) is 0 Å². The molecule has 2 atom stereocenters. The summed E-state index contributed by atoms with van der Waals surface area (Å²) in [4.78, 5) is 22.4. The van der Waals surface area contributed by atoms with Crippen LogP contribution in [0.2, 0.25) is 0 Å². The van der Waals surface area contributed by atoms with E-state index in [1.54, 1.807) is 13.8 Å². The zero-order chi connectivity index (χ0) is 12.7. The highest BCUT2D eigenvalue weighted by Crippen LogP contribution is 2.12. The van der Waals surface area contributed by atoms with Crippen LogP contribution in [0.1, 0.15) is 40.5 Å². The third kappa shape index (κ3) is 4.64. The van der Waals surface area contributed by atoms with Crippen molar-refractivity contribution in [2.45, 2.75) is 40.5 Å². The number of rotatable bonds is 7. The Balaban J connectivity index is 4.10. The molecule has 0 aliphatic carbocycles. The van der Waals surface area contributed by atoms with Crippen LogP contribution in [0.5, 0.6) is 0 Å². The van der Waals surface area contributed by atoms with Gasteiger partial charge in [-0.25, -0.2) is 0 Å². The van der Waals surface area contributed by atoms with E-state index in [0.717, 1.165) is 12.8 Å². The highest BCUT2D eigenvalue weighted by Gasteiger charge is 2.25. The minimum atomic E-state index is -0.926. The van der Waals surface area contributed by atoms with Crippen LogP contribution in [0, 0.1) is 17.8 Å². The third-order valence-electron chi connectivity index (χ3n) is 3.27. The van der Waals surface area contributed by atoms with Crippen LogP contribution in [0.3, 0.4) is 0 Å². The van der Waals surface area contributed by atoms with Crippen LogP contribution >= 0.6 is 0 Å². The molecule has 0 rings (SSSR count). The van der Waals surface area contributed by atoms with Gasteiger partial charge in [-0.15, -0.1) is 0 Å². The maximum Gasteiger partial charge on any atom is 0.307 e. The first-order chi connectivity index (χ1) is 7.43. The van der Waals surface area contributed by atoms with Gasteiger partial charge in [-0.1, -0.05) is 40.5 Å². The molecule has 0 heterocycles. The van der Waals surface area contributed by atoms with Crippen molar-refractivity contribution in [1.29, 1.82) is 0 Å². The Hall–Kier alpha value is -1.06. The van der Waals surface area contributed by atoms with Crippen molar-refractivity contribution < 1.29 is 14.7 Å². The summed E-state index contributed by atoms with van der Waals surface area (Å²) in [6, 6.07) is 0. The van der Waals surface area contributed by atoms with Crippen molar-refractivity contribution in [2.75, 3.05) is 6.54 Å². The number of aliphatic carboxylic acids is 1. The topological polar surface area (TPSA) is 66.4 Å². The van der Waals surface area contributed by atoms with Gasteiger partial charge in [0.25, 0.3) is 0 Å². The molecule has 0 aromatic heterocycles. The smallest absolute Gasteiger partial charge is 0.307 e. The molecule has 0 aliphatic heterocycles. The standard InChI is InChI=1S/C12H23NO3/c1-5-10(6-2)7-13-11(14)8(3)9(4)12(15)16/h8-10H,5-7H2,1-4H3,(H,13,14)(H,15,16). The van der Waals surface area contributed by atoms with Gasteiger partial charge in [0.2, 0.25) is 5.91 Å². The summed E-state index contributed by atoms with van der Waals surface area (Å²) < 4.78 is 0. The average Bonchev–Trinajstić information content (AvgIpc) is 2.27. The Labute approximate surface area is 97.4 Å². The van der Waals surface area contributed by atoms with Crippen molar-refractivity contribution >= 4 is 11.9 Å². The largest absolute Gasteiger partial charge is 0.481 e. The fraction of sp³-hybridized carbons (Fsp3) is 0.833. The van der Waals surface area contributed by atoms with Gasteiger partial charge in [0, 0.05) is 12.5 Å². The van der Waals surface area contributed by atoms with E-state index in [2.05, 4.69) is 19.2 Å². The predicted octanol–water partition coefficient (Wildman–Crippen LogP) is 1.90. The number of carbonyl (C=O) groups excluding carboxylic acids is 1. The van der Waals surface area contributed by atoms with Crippen LogP contribution in [0.25, 0.3) is 0 Å². The molecule has 4 nitrogen and oxygen atoms in total. The zero-order valence-electron chi connectivity index (χ0n) is 10.6. The van der Waals surface area contributed by atoms with E-state index in [0.29, 0.717) is 12.5 Å². The molecule has 0 saturated carbocycles. The summed E-state index contributed by atoms with van der Waals surface area (Å²) in [5.41, 5.74) is 0. The van der Waals surface area contributed by atoms with E-state index in [-0.39, 0.29) is 5.91 Å². The van der Waals surface area contributed by atoms with Gasteiger partial charge >= 0.3 is 5.97 Å². The lowest BCUT2D eigenvalue weighted by Gasteiger charge is -2.18. The second-order valence-corrected chi connectivity index (χ2v) is 4.34. The van der Waals surface area contributed by atoms with Crippen LogP contribution in [0.4, 0.5) is 0 Å². The molecule has 0 radical (unpaired) electrons. The molecule has 0 fully saturated rings. The predicted molar refractivity (Wildman–Crippen MR) is 63.0 cm³/mol. The van der Waals surface area contributed by atoms with Gasteiger partial charge < -0.3 is 10.4 Å². The Morgan fingerprint density at radius 2 is 1.62 bits per heavy atom. The highest BCUT2D eigenvalue weighted by molar-refractivity contribution is 5.84. The molecule has 0 saturated heterocycles.